The third-order valence-corrected chi connectivity index (χ3v) is 5.89. The van der Waals surface area contributed by atoms with Gasteiger partial charge in [-0.15, -0.1) is 0 Å². The fourth-order valence-corrected chi connectivity index (χ4v) is 4.17. The van der Waals surface area contributed by atoms with E-state index < -0.39 is 18.0 Å². The van der Waals surface area contributed by atoms with Gasteiger partial charge in [0.15, 0.2) is 0 Å². The van der Waals surface area contributed by atoms with E-state index in [1.165, 1.54) is 0 Å². The van der Waals surface area contributed by atoms with E-state index in [0.29, 0.717) is 45.1 Å². The van der Waals surface area contributed by atoms with E-state index in [0.717, 1.165) is 0 Å². The Morgan fingerprint density at radius 3 is 2.30 bits per heavy atom. The van der Waals surface area contributed by atoms with E-state index in [1.807, 2.05) is 20.8 Å². The van der Waals surface area contributed by atoms with Crippen molar-refractivity contribution >= 4 is 17.7 Å². The highest BCUT2D eigenvalue weighted by Gasteiger charge is 2.33. The molecule has 3 atom stereocenters. The van der Waals surface area contributed by atoms with Crippen molar-refractivity contribution in [2.75, 3.05) is 6.54 Å². The molecule has 3 amide bonds. The molecule has 1 saturated carbocycles. The van der Waals surface area contributed by atoms with Crippen molar-refractivity contribution in [3.8, 4) is 12.1 Å². The first-order valence-corrected chi connectivity index (χ1v) is 10.8. The van der Waals surface area contributed by atoms with Gasteiger partial charge in [0, 0.05) is 24.3 Å². The van der Waals surface area contributed by atoms with Gasteiger partial charge in [-0.05, 0) is 50.4 Å². The lowest BCUT2D eigenvalue weighted by atomic mass is 9.81. The van der Waals surface area contributed by atoms with Gasteiger partial charge in [0.05, 0.1) is 12.1 Å². The van der Waals surface area contributed by atoms with Crippen LogP contribution in [0.1, 0.15) is 65.7 Å². The second kappa shape index (κ2) is 10.4. The molecule has 0 aromatic carbocycles. The van der Waals surface area contributed by atoms with Crippen LogP contribution in [-0.4, -0.2) is 36.3 Å². The summed E-state index contributed by atoms with van der Waals surface area (Å²) >= 11 is 0. The van der Waals surface area contributed by atoms with E-state index in [-0.39, 0.29) is 41.4 Å². The Morgan fingerprint density at radius 1 is 1.13 bits per heavy atom. The average Bonchev–Trinajstić information content (AvgIpc) is 3.10. The summed E-state index contributed by atoms with van der Waals surface area (Å²) in [5.41, 5.74) is -0.207. The molecule has 2 aliphatic rings. The number of nitrogens with one attached hydrogen (secondary N) is 3. The highest BCUT2D eigenvalue weighted by molar-refractivity contribution is 5.89. The zero-order chi connectivity index (χ0) is 22.3. The first kappa shape index (κ1) is 23.7. The van der Waals surface area contributed by atoms with Crippen molar-refractivity contribution in [1.29, 1.82) is 10.5 Å². The Labute approximate surface area is 178 Å². The van der Waals surface area contributed by atoms with E-state index in [4.69, 9.17) is 5.26 Å². The van der Waals surface area contributed by atoms with Gasteiger partial charge in [0.1, 0.15) is 12.1 Å². The number of hydrogen-bond acceptors (Lipinski definition) is 5. The van der Waals surface area contributed by atoms with Crippen LogP contribution in [0.2, 0.25) is 0 Å². The molecule has 8 nitrogen and oxygen atoms in total. The maximum Gasteiger partial charge on any atom is 0.243 e. The summed E-state index contributed by atoms with van der Waals surface area (Å²) in [5.74, 6) is -1.11. The van der Waals surface area contributed by atoms with Crippen molar-refractivity contribution in [3.05, 3.63) is 0 Å². The molecule has 2 rings (SSSR count). The van der Waals surface area contributed by atoms with Crippen LogP contribution in [0.25, 0.3) is 0 Å². The lowest BCUT2D eigenvalue weighted by Gasteiger charge is -2.30. The molecule has 3 N–H and O–H groups in total. The number of carbonyl (C=O) groups excluding carboxylic acids is 3. The Morgan fingerprint density at radius 2 is 1.80 bits per heavy atom. The lowest BCUT2D eigenvalue weighted by molar-refractivity contribution is -0.132. The van der Waals surface area contributed by atoms with Gasteiger partial charge in [0.2, 0.25) is 17.7 Å². The van der Waals surface area contributed by atoms with E-state index >= 15 is 0 Å². The van der Waals surface area contributed by atoms with Gasteiger partial charge in [-0.1, -0.05) is 20.8 Å². The summed E-state index contributed by atoms with van der Waals surface area (Å²) in [7, 11) is 0. The van der Waals surface area contributed by atoms with Gasteiger partial charge in [-0.2, -0.15) is 10.5 Å². The van der Waals surface area contributed by atoms with Gasteiger partial charge < -0.3 is 16.0 Å². The van der Waals surface area contributed by atoms with Crippen LogP contribution in [0.4, 0.5) is 0 Å². The highest BCUT2D eigenvalue weighted by Crippen LogP contribution is 2.29. The predicted molar refractivity (Wildman–Crippen MR) is 110 cm³/mol. The molecule has 0 unspecified atom stereocenters. The van der Waals surface area contributed by atoms with Crippen LogP contribution >= 0.6 is 0 Å². The molecule has 1 aliphatic carbocycles. The van der Waals surface area contributed by atoms with Crippen LogP contribution in [0.15, 0.2) is 0 Å². The summed E-state index contributed by atoms with van der Waals surface area (Å²) in [4.78, 5) is 37.5. The number of amides is 3. The second-order valence-corrected chi connectivity index (χ2v) is 9.71. The van der Waals surface area contributed by atoms with Crippen molar-refractivity contribution in [2.24, 2.45) is 23.2 Å². The summed E-state index contributed by atoms with van der Waals surface area (Å²) < 4.78 is 0. The standard InChI is InChI=1S/C22H33N5O3/c1-22(2,3)11-18(27-20(29)15-6-4-14(12-23)5-7-15)21(30)26-17(13-24)10-16-8-9-25-19(16)28/h14-18H,4-11H2,1-3H3,(H,25,28)(H,26,30)(H,27,29)/t14-,15-,16-,17-,18-/m0/s1. The first-order valence-electron chi connectivity index (χ1n) is 10.8. The van der Waals surface area contributed by atoms with Gasteiger partial charge in [0.25, 0.3) is 0 Å². The minimum atomic E-state index is -0.781. The molecular weight excluding hydrogens is 382 g/mol. The molecule has 0 aromatic heterocycles. The predicted octanol–water partition coefficient (Wildman–Crippen LogP) is 1.77. The maximum atomic E-state index is 12.9. The Kier molecular flexibility index (Phi) is 8.23. The molecule has 30 heavy (non-hydrogen) atoms. The molecule has 2 fully saturated rings. The van der Waals surface area contributed by atoms with E-state index in [9.17, 15) is 19.6 Å². The third-order valence-electron chi connectivity index (χ3n) is 5.89. The maximum absolute atomic E-state index is 12.9. The molecular formula is C22H33N5O3. The summed E-state index contributed by atoms with van der Waals surface area (Å²) in [6.45, 7) is 6.55. The number of hydrogen-bond donors (Lipinski definition) is 3. The fourth-order valence-electron chi connectivity index (χ4n) is 4.17. The zero-order valence-electron chi connectivity index (χ0n) is 18.2. The normalized spacial score (nSPS) is 25.9. The number of nitriles is 2. The quantitative estimate of drug-likeness (QED) is 0.582. The van der Waals surface area contributed by atoms with Gasteiger partial charge in [-0.25, -0.2) is 0 Å². The Balaban J connectivity index is 1.99. The highest BCUT2D eigenvalue weighted by atomic mass is 16.2. The van der Waals surface area contributed by atoms with Crippen molar-refractivity contribution in [3.63, 3.8) is 0 Å². The monoisotopic (exact) mass is 415 g/mol. The molecule has 0 radical (unpaired) electrons. The minimum Gasteiger partial charge on any atom is -0.356 e. The summed E-state index contributed by atoms with van der Waals surface area (Å²) in [6, 6.07) is 2.80. The fraction of sp³-hybridized carbons (Fsp3) is 0.773. The van der Waals surface area contributed by atoms with Crippen LogP contribution < -0.4 is 16.0 Å². The van der Waals surface area contributed by atoms with Crippen molar-refractivity contribution in [1.82, 2.24) is 16.0 Å². The van der Waals surface area contributed by atoms with Crippen molar-refractivity contribution in [2.45, 2.75) is 77.8 Å². The molecule has 1 heterocycles. The molecule has 1 saturated heterocycles. The van der Waals surface area contributed by atoms with Crippen LogP contribution in [0.3, 0.4) is 0 Å². The zero-order valence-corrected chi connectivity index (χ0v) is 18.2. The first-order chi connectivity index (χ1) is 14.1. The summed E-state index contributed by atoms with van der Waals surface area (Å²) in [5, 5.41) is 26.8. The molecule has 0 spiro atoms. The smallest absolute Gasteiger partial charge is 0.243 e. The Bertz CT molecular complexity index is 723. The molecule has 1 aliphatic heterocycles. The average molecular weight is 416 g/mol. The molecule has 0 aromatic rings. The molecule has 8 heteroatoms. The number of carbonyl (C=O) groups is 3. The Hall–Kier alpha value is -2.61. The second-order valence-electron chi connectivity index (χ2n) is 9.71. The topological polar surface area (TPSA) is 135 Å². The minimum absolute atomic E-state index is 0.00638. The lowest BCUT2D eigenvalue weighted by Crippen LogP contribution is -2.52. The number of rotatable bonds is 7. The van der Waals surface area contributed by atoms with E-state index in [1.54, 1.807) is 0 Å². The largest absolute Gasteiger partial charge is 0.356 e. The number of nitrogens with zero attached hydrogens (tertiary/aromatic N) is 2. The summed E-state index contributed by atoms with van der Waals surface area (Å²) in [6.07, 6.45) is 4.04. The van der Waals surface area contributed by atoms with Crippen molar-refractivity contribution < 1.29 is 14.4 Å². The van der Waals surface area contributed by atoms with E-state index in [2.05, 4.69) is 28.1 Å². The van der Waals surface area contributed by atoms with Crippen LogP contribution in [0.5, 0.6) is 0 Å². The van der Waals surface area contributed by atoms with Gasteiger partial charge >= 0.3 is 0 Å². The third kappa shape index (κ3) is 7.02. The SMILES string of the molecule is CC(C)(C)C[C@H](NC(=O)[C@H]1CC[C@H](C#N)CC1)C(=O)N[C@H](C#N)C[C@@H]1CCNC1=O. The molecule has 164 valence electrons. The van der Waals surface area contributed by atoms with Crippen LogP contribution in [-0.2, 0) is 14.4 Å². The molecule has 0 bridgehead atoms. The van der Waals surface area contributed by atoms with Crippen LogP contribution in [0, 0.1) is 45.8 Å². The van der Waals surface area contributed by atoms with Gasteiger partial charge in [-0.3, -0.25) is 14.4 Å².